The molecule has 18 heavy (non-hydrogen) atoms. The second-order valence-electron chi connectivity index (χ2n) is 4.09. The Morgan fingerprint density at radius 3 is 2.83 bits per heavy atom. The highest BCUT2D eigenvalue weighted by Gasteiger charge is 2.27. The molecular formula is C12H10FN3O2. The van der Waals surface area contributed by atoms with Gasteiger partial charge in [0.25, 0.3) is 0 Å². The SMILES string of the molecule is O=C1CCN(c2c(F)ccc3[nH]ccc23)C(=O)N1. The number of carbonyl (C=O) groups is 2. The monoisotopic (exact) mass is 247 g/mol. The van der Waals surface area contributed by atoms with Crippen LogP contribution in [0.5, 0.6) is 0 Å². The molecule has 2 N–H and O–H groups in total. The number of aromatic nitrogens is 1. The predicted octanol–water partition coefficient (Wildman–Crippen LogP) is 1.75. The van der Waals surface area contributed by atoms with Crippen molar-refractivity contribution >= 4 is 28.5 Å². The fourth-order valence-electron chi connectivity index (χ4n) is 2.14. The van der Waals surface area contributed by atoms with Gasteiger partial charge in [-0.2, -0.15) is 0 Å². The van der Waals surface area contributed by atoms with Crippen molar-refractivity contribution in [3.63, 3.8) is 0 Å². The van der Waals surface area contributed by atoms with E-state index < -0.39 is 11.8 Å². The molecule has 0 spiro atoms. The number of nitrogens with one attached hydrogen (secondary N) is 2. The summed E-state index contributed by atoms with van der Waals surface area (Å²) in [5, 5.41) is 2.81. The Balaban J connectivity index is 2.13. The van der Waals surface area contributed by atoms with E-state index in [4.69, 9.17) is 0 Å². The molecule has 0 saturated carbocycles. The zero-order chi connectivity index (χ0) is 12.7. The van der Waals surface area contributed by atoms with Crippen LogP contribution >= 0.6 is 0 Å². The van der Waals surface area contributed by atoms with E-state index in [-0.39, 0.29) is 24.6 Å². The first kappa shape index (κ1) is 10.8. The molecule has 1 aromatic carbocycles. The van der Waals surface area contributed by atoms with Gasteiger partial charge in [-0.1, -0.05) is 0 Å². The lowest BCUT2D eigenvalue weighted by molar-refractivity contribution is -0.120. The number of nitrogens with zero attached hydrogens (tertiary/aromatic N) is 1. The maximum Gasteiger partial charge on any atom is 0.328 e. The molecule has 1 fully saturated rings. The lowest BCUT2D eigenvalue weighted by Crippen LogP contribution is -2.49. The zero-order valence-corrected chi connectivity index (χ0v) is 9.37. The maximum absolute atomic E-state index is 13.9. The van der Waals surface area contributed by atoms with Crippen LogP contribution in [0, 0.1) is 5.82 Å². The molecule has 1 aromatic heterocycles. The molecule has 6 heteroatoms. The van der Waals surface area contributed by atoms with E-state index in [0.717, 1.165) is 5.52 Å². The topological polar surface area (TPSA) is 65.2 Å². The molecule has 3 rings (SSSR count). The number of imide groups is 1. The second kappa shape index (κ2) is 3.83. The van der Waals surface area contributed by atoms with Crippen molar-refractivity contribution in [1.82, 2.24) is 10.3 Å². The minimum Gasteiger partial charge on any atom is -0.361 e. The Kier molecular flexibility index (Phi) is 2.29. The summed E-state index contributed by atoms with van der Waals surface area (Å²) >= 11 is 0. The Bertz CT molecular complexity index is 650. The van der Waals surface area contributed by atoms with Gasteiger partial charge >= 0.3 is 6.03 Å². The van der Waals surface area contributed by atoms with Crippen molar-refractivity contribution in [2.45, 2.75) is 6.42 Å². The smallest absolute Gasteiger partial charge is 0.328 e. The number of benzene rings is 1. The quantitative estimate of drug-likeness (QED) is 0.806. The van der Waals surface area contributed by atoms with Crippen LogP contribution in [0.2, 0.25) is 0 Å². The summed E-state index contributed by atoms with van der Waals surface area (Å²) in [7, 11) is 0. The van der Waals surface area contributed by atoms with Gasteiger partial charge in [0.2, 0.25) is 5.91 Å². The van der Waals surface area contributed by atoms with Gasteiger partial charge in [-0.05, 0) is 18.2 Å². The number of fused-ring (bicyclic) bond motifs is 1. The molecule has 0 radical (unpaired) electrons. The number of halogens is 1. The number of urea groups is 1. The van der Waals surface area contributed by atoms with Gasteiger partial charge in [0.1, 0.15) is 5.82 Å². The van der Waals surface area contributed by atoms with E-state index in [1.807, 2.05) is 0 Å². The number of H-pyrrole nitrogens is 1. The minimum atomic E-state index is -0.584. The zero-order valence-electron chi connectivity index (χ0n) is 9.37. The van der Waals surface area contributed by atoms with Crippen LogP contribution < -0.4 is 10.2 Å². The average Bonchev–Trinajstić information content (AvgIpc) is 2.79. The van der Waals surface area contributed by atoms with Gasteiger partial charge in [-0.15, -0.1) is 0 Å². The summed E-state index contributed by atoms with van der Waals surface area (Å²) in [4.78, 5) is 27.0. The Labute approximate surface area is 102 Å². The van der Waals surface area contributed by atoms with Crippen LogP contribution in [0.3, 0.4) is 0 Å². The van der Waals surface area contributed by atoms with Gasteiger partial charge in [0.15, 0.2) is 0 Å². The van der Waals surface area contributed by atoms with E-state index in [0.29, 0.717) is 5.39 Å². The second-order valence-corrected chi connectivity index (χ2v) is 4.09. The van der Waals surface area contributed by atoms with E-state index in [2.05, 4.69) is 10.3 Å². The fourth-order valence-corrected chi connectivity index (χ4v) is 2.14. The van der Waals surface area contributed by atoms with Crippen molar-refractivity contribution in [1.29, 1.82) is 0 Å². The van der Waals surface area contributed by atoms with Crippen LogP contribution in [0.1, 0.15) is 6.42 Å². The molecule has 0 bridgehead atoms. The largest absolute Gasteiger partial charge is 0.361 e. The normalized spacial score (nSPS) is 16.2. The Morgan fingerprint density at radius 2 is 2.06 bits per heavy atom. The van der Waals surface area contributed by atoms with Crippen molar-refractivity contribution in [2.24, 2.45) is 0 Å². The number of aromatic amines is 1. The first-order chi connectivity index (χ1) is 8.66. The van der Waals surface area contributed by atoms with Gasteiger partial charge < -0.3 is 4.98 Å². The van der Waals surface area contributed by atoms with Crippen LogP contribution in [-0.2, 0) is 4.79 Å². The first-order valence-electron chi connectivity index (χ1n) is 5.54. The number of hydrogen-bond donors (Lipinski definition) is 2. The minimum absolute atomic E-state index is 0.173. The summed E-state index contributed by atoms with van der Waals surface area (Å²) in [6.07, 6.45) is 1.85. The molecular weight excluding hydrogens is 237 g/mol. The van der Waals surface area contributed by atoms with Gasteiger partial charge in [0, 0.05) is 30.1 Å². The summed E-state index contributed by atoms with van der Waals surface area (Å²) in [5.41, 5.74) is 0.954. The summed E-state index contributed by atoms with van der Waals surface area (Å²) in [6, 6.07) is 4.04. The molecule has 2 aromatic rings. The van der Waals surface area contributed by atoms with Crippen LogP contribution in [0.15, 0.2) is 24.4 Å². The van der Waals surface area contributed by atoms with Crippen LogP contribution in [0.4, 0.5) is 14.9 Å². The van der Waals surface area contributed by atoms with Crippen molar-refractivity contribution in [3.05, 3.63) is 30.2 Å². The molecule has 3 amide bonds. The molecule has 0 atom stereocenters. The predicted molar refractivity (Wildman–Crippen MR) is 63.8 cm³/mol. The lowest BCUT2D eigenvalue weighted by atomic mass is 10.1. The molecule has 1 aliphatic rings. The van der Waals surface area contributed by atoms with E-state index in [1.165, 1.54) is 11.0 Å². The van der Waals surface area contributed by atoms with Crippen molar-refractivity contribution < 1.29 is 14.0 Å². The molecule has 1 aliphatic heterocycles. The highest BCUT2D eigenvalue weighted by atomic mass is 19.1. The first-order valence-corrected chi connectivity index (χ1v) is 5.54. The summed E-state index contributed by atoms with van der Waals surface area (Å²) in [5.74, 6) is -0.815. The molecule has 0 unspecified atom stereocenters. The van der Waals surface area contributed by atoms with Gasteiger partial charge in [-0.25, -0.2) is 9.18 Å². The van der Waals surface area contributed by atoms with Crippen LogP contribution in [-0.4, -0.2) is 23.5 Å². The average molecular weight is 247 g/mol. The summed E-state index contributed by atoms with van der Waals surface area (Å²) in [6.45, 7) is 0.186. The van der Waals surface area contributed by atoms with E-state index >= 15 is 0 Å². The summed E-state index contributed by atoms with van der Waals surface area (Å²) < 4.78 is 13.9. The molecule has 92 valence electrons. The Morgan fingerprint density at radius 1 is 1.22 bits per heavy atom. The van der Waals surface area contributed by atoms with Gasteiger partial charge in [0.05, 0.1) is 5.69 Å². The van der Waals surface area contributed by atoms with Crippen molar-refractivity contribution in [3.8, 4) is 0 Å². The maximum atomic E-state index is 13.9. The highest BCUT2D eigenvalue weighted by Crippen LogP contribution is 2.30. The number of amides is 3. The highest BCUT2D eigenvalue weighted by molar-refractivity contribution is 6.09. The number of rotatable bonds is 1. The molecule has 5 nitrogen and oxygen atoms in total. The van der Waals surface area contributed by atoms with Crippen LogP contribution in [0.25, 0.3) is 10.9 Å². The number of hydrogen-bond acceptors (Lipinski definition) is 2. The number of carbonyl (C=O) groups excluding carboxylic acids is 2. The van der Waals surface area contributed by atoms with Gasteiger partial charge in [-0.3, -0.25) is 15.0 Å². The lowest BCUT2D eigenvalue weighted by Gasteiger charge is -2.27. The van der Waals surface area contributed by atoms with Crippen molar-refractivity contribution in [2.75, 3.05) is 11.4 Å². The third-order valence-corrected chi connectivity index (χ3v) is 2.98. The standard InChI is InChI=1S/C12H10FN3O2/c13-8-1-2-9-7(3-5-14-9)11(8)16-6-4-10(17)15-12(16)18/h1-3,5,14H,4,6H2,(H,15,17,18). The number of anilines is 1. The third-order valence-electron chi connectivity index (χ3n) is 2.98. The van der Waals surface area contributed by atoms with E-state index in [1.54, 1.807) is 18.3 Å². The molecule has 0 aliphatic carbocycles. The Hall–Kier alpha value is -2.37. The molecule has 2 heterocycles. The molecule has 1 saturated heterocycles. The third kappa shape index (κ3) is 1.54. The van der Waals surface area contributed by atoms with E-state index in [9.17, 15) is 14.0 Å². The fraction of sp³-hybridized carbons (Fsp3) is 0.167.